The molecule has 0 fully saturated rings. The highest BCUT2D eigenvalue weighted by molar-refractivity contribution is 5.95. The van der Waals surface area contributed by atoms with Crippen LogP contribution >= 0.6 is 0 Å². The summed E-state index contributed by atoms with van der Waals surface area (Å²) in [7, 11) is 0. The number of rotatable bonds is 6. The number of aryl methyl sites for hydroxylation is 1. The number of nitrogens with two attached hydrogens (primary N) is 1. The van der Waals surface area contributed by atoms with Gasteiger partial charge in [-0.25, -0.2) is 4.39 Å². The van der Waals surface area contributed by atoms with Crippen LogP contribution in [0.15, 0.2) is 18.2 Å². The molecule has 0 aliphatic rings. The van der Waals surface area contributed by atoms with Crippen LogP contribution in [0.4, 0.5) is 4.39 Å². The predicted molar refractivity (Wildman–Crippen MR) is 66.5 cm³/mol. The molecule has 98 valence electrons. The molecule has 0 bridgehead atoms. The molecule has 0 radical (unpaired) electrons. The zero-order chi connectivity index (χ0) is 13.5. The zero-order valence-corrected chi connectivity index (χ0v) is 10.3. The van der Waals surface area contributed by atoms with Crippen LogP contribution in [0.3, 0.4) is 0 Å². The lowest BCUT2D eigenvalue weighted by atomic mass is 10.1. The molecule has 5 heteroatoms. The number of carbonyl (C=O) groups is 2. The molecule has 3 N–H and O–H groups in total. The van der Waals surface area contributed by atoms with E-state index in [4.69, 9.17) is 5.73 Å². The van der Waals surface area contributed by atoms with Crippen LogP contribution in [-0.4, -0.2) is 18.4 Å². The first-order chi connectivity index (χ1) is 8.50. The molecule has 1 aromatic rings. The first-order valence-electron chi connectivity index (χ1n) is 5.83. The van der Waals surface area contributed by atoms with Crippen molar-refractivity contribution in [3.8, 4) is 0 Å². The molecule has 0 aromatic heterocycles. The van der Waals surface area contributed by atoms with Gasteiger partial charge in [0.1, 0.15) is 5.82 Å². The lowest BCUT2D eigenvalue weighted by Crippen LogP contribution is -2.25. The second-order valence-electron chi connectivity index (χ2n) is 4.14. The molecule has 18 heavy (non-hydrogen) atoms. The monoisotopic (exact) mass is 252 g/mol. The Kier molecular flexibility index (Phi) is 5.30. The number of nitrogens with one attached hydrogen (secondary N) is 1. The van der Waals surface area contributed by atoms with Gasteiger partial charge in [-0.05, 0) is 37.5 Å². The SMILES string of the molecule is Cc1ccc(F)cc1C(=O)NCCCCC(N)=O. The van der Waals surface area contributed by atoms with Crippen molar-refractivity contribution in [2.75, 3.05) is 6.54 Å². The Hall–Kier alpha value is -1.91. The summed E-state index contributed by atoms with van der Waals surface area (Å²) in [6, 6.07) is 4.10. The Labute approximate surface area is 105 Å². The first-order valence-corrected chi connectivity index (χ1v) is 5.83. The maximum absolute atomic E-state index is 13.0. The maximum Gasteiger partial charge on any atom is 0.251 e. The van der Waals surface area contributed by atoms with Crippen molar-refractivity contribution in [3.05, 3.63) is 35.1 Å². The molecule has 0 saturated carbocycles. The Morgan fingerprint density at radius 2 is 2.06 bits per heavy atom. The zero-order valence-electron chi connectivity index (χ0n) is 10.3. The number of unbranched alkanes of at least 4 members (excludes halogenated alkanes) is 1. The summed E-state index contributed by atoms with van der Waals surface area (Å²) in [4.78, 5) is 22.2. The van der Waals surface area contributed by atoms with E-state index in [-0.39, 0.29) is 11.8 Å². The fraction of sp³-hybridized carbons (Fsp3) is 0.385. The summed E-state index contributed by atoms with van der Waals surface area (Å²) in [5.41, 5.74) is 6.06. The average molecular weight is 252 g/mol. The average Bonchev–Trinajstić information content (AvgIpc) is 2.31. The van der Waals surface area contributed by atoms with Crippen molar-refractivity contribution >= 4 is 11.8 Å². The maximum atomic E-state index is 13.0. The van der Waals surface area contributed by atoms with E-state index in [1.54, 1.807) is 13.0 Å². The van der Waals surface area contributed by atoms with Gasteiger partial charge in [-0.3, -0.25) is 9.59 Å². The standard InChI is InChI=1S/C13H17FN2O2/c1-9-5-6-10(14)8-11(9)13(18)16-7-3-2-4-12(15)17/h5-6,8H,2-4,7H2,1H3,(H2,15,17)(H,16,18). The molecule has 1 aromatic carbocycles. The molecule has 0 heterocycles. The molecule has 0 saturated heterocycles. The Morgan fingerprint density at radius 1 is 1.33 bits per heavy atom. The number of halogens is 1. The van der Waals surface area contributed by atoms with Crippen LogP contribution in [0.1, 0.15) is 35.2 Å². The van der Waals surface area contributed by atoms with Crippen LogP contribution in [0, 0.1) is 12.7 Å². The van der Waals surface area contributed by atoms with Crippen molar-refractivity contribution < 1.29 is 14.0 Å². The smallest absolute Gasteiger partial charge is 0.251 e. The number of hydrogen-bond acceptors (Lipinski definition) is 2. The number of amides is 2. The van der Waals surface area contributed by atoms with Gasteiger partial charge < -0.3 is 11.1 Å². The minimum atomic E-state index is -0.431. The van der Waals surface area contributed by atoms with Gasteiger partial charge in [-0.15, -0.1) is 0 Å². The van der Waals surface area contributed by atoms with Gasteiger partial charge in [0.25, 0.3) is 5.91 Å². The summed E-state index contributed by atoms with van der Waals surface area (Å²) in [5, 5.41) is 2.68. The lowest BCUT2D eigenvalue weighted by molar-refractivity contribution is -0.118. The molecule has 4 nitrogen and oxygen atoms in total. The molecule has 0 aliphatic heterocycles. The molecule has 2 amide bonds. The molecule has 0 spiro atoms. The first kappa shape index (κ1) is 14.2. The third-order valence-corrected chi connectivity index (χ3v) is 2.58. The van der Waals surface area contributed by atoms with Crippen LogP contribution < -0.4 is 11.1 Å². The minimum Gasteiger partial charge on any atom is -0.370 e. The van der Waals surface area contributed by atoms with Gasteiger partial charge in [0.05, 0.1) is 0 Å². The van der Waals surface area contributed by atoms with Gasteiger partial charge in [0.15, 0.2) is 0 Å². The molecule has 0 unspecified atom stereocenters. The van der Waals surface area contributed by atoms with Crippen molar-refractivity contribution in [1.29, 1.82) is 0 Å². The number of benzene rings is 1. The summed E-state index contributed by atoms with van der Waals surface area (Å²) >= 11 is 0. The van der Waals surface area contributed by atoms with Gasteiger partial charge in [-0.1, -0.05) is 6.07 Å². The fourth-order valence-electron chi connectivity index (χ4n) is 1.56. The molecule has 0 aliphatic carbocycles. The highest BCUT2D eigenvalue weighted by Crippen LogP contribution is 2.10. The van der Waals surface area contributed by atoms with Gasteiger partial charge in [0.2, 0.25) is 5.91 Å². The Morgan fingerprint density at radius 3 is 2.72 bits per heavy atom. The van der Waals surface area contributed by atoms with E-state index in [0.717, 1.165) is 5.56 Å². The largest absolute Gasteiger partial charge is 0.370 e. The van der Waals surface area contributed by atoms with Crippen molar-refractivity contribution in [1.82, 2.24) is 5.32 Å². The molecule has 1 rings (SSSR count). The second kappa shape index (κ2) is 6.74. The molecule has 0 atom stereocenters. The van der Waals surface area contributed by atoms with Crippen molar-refractivity contribution in [2.45, 2.75) is 26.2 Å². The van der Waals surface area contributed by atoms with E-state index < -0.39 is 5.82 Å². The van der Waals surface area contributed by atoms with E-state index in [1.165, 1.54) is 12.1 Å². The number of primary amides is 1. The highest BCUT2D eigenvalue weighted by Gasteiger charge is 2.09. The normalized spacial score (nSPS) is 10.1. The summed E-state index contributed by atoms with van der Waals surface area (Å²) in [6.07, 6.45) is 1.62. The van der Waals surface area contributed by atoms with E-state index in [9.17, 15) is 14.0 Å². The third kappa shape index (κ3) is 4.53. The van der Waals surface area contributed by atoms with Crippen LogP contribution in [0.25, 0.3) is 0 Å². The predicted octanol–water partition coefficient (Wildman–Crippen LogP) is 1.52. The van der Waals surface area contributed by atoms with E-state index in [2.05, 4.69) is 5.32 Å². The van der Waals surface area contributed by atoms with Crippen LogP contribution in [-0.2, 0) is 4.79 Å². The highest BCUT2D eigenvalue weighted by atomic mass is 19.1. The van der Waals surface area contributed by atoms with E-state index in [1.807, 2.05) is 0 Å². The van der Waals surface area contributed by atoms with Gasteiger partial charge in [0, 0.05) is 18.5 Å². The topological polar surface area (TPSA) is 72.2 Å². The lowest BCUT2D eigenvalue weighted by Gasteiger charge is -2.07. The van der Waals surface area contributed by atoms with E-state index >= 15 is 0 Å². The Bertz CT molecular complexity index is 447. The van der Waals surface area contributed by atoms with Crippen molar-refractivity contribution in [3.63, 3.8) is 0 Å². The minimum absolute atomic E-state index is 0.300. The van der Waals surface area contributed by atoms with Crippen LogP contribution in [0.2, 0.25) is 0 Å². The van der Waals surface area contributed by atoms with Gasteiger partial charge >= 0.3 is 0 Å². The second-order valence-corrected chi connectivity index (χ2v) is 4.14. The molecular weight excluding hydrogens is 235 g/mol. The fourth-order valence-corrected chi connectivity index (χ4v) is 1.56. The molecular formula is C13H17FN2O2. The number of hydrogen-bond donors (Lipinski definition) is 2. The Balaban J connectivity index is 2.41. The summed E-state index contributed by atoms with van der Waals surface area (Å²) in [6.45, 7) is 2.20. The third-order valence-electron chi connectivity index (χ3n) is 2.58. The van der Waals surface area contributed by atoms with E-state index in [0.29, 0.717) is 31.4 Å². The quantitative estimate of drug-likeness (QED) is 0.753. The summed E-state index contributed by atoms with van der Waals surface area (Å²) < 4.78 is 13.0. The van der Waals surface area contributed by atoms with Gasteiger partial charge in [-0.2, -0.15) is 0 Å². The van der Waals surface area contributed by atoms with Crippen LogP contribution in [0.5, 0.6) is 0 Å². The summed E-state index contributed by atoms with van der Waals surface area (Å²) in [5.74, 6) is -1.08. The van der Waals surface area contributed by atoms with Crippen molar-refractivity contribution in [2.24, 2.45) is 5.73 Å². The number of carbonyl (C=O) groups excluding carboxylic acids is 2.